The zero-order chi connectivity index (χ0) is 12.6. The first-order valence-electron chi connectivity index (χ1n) is 6.39. The average Bonchev–Trinajstić information content (AvgIpc) is 2.79. The first-order chi connectivity index (χ1) is 7.92. The van der Waals surface area contributed by atoms with Gasteiger partial charge in [0.25, 0.3) is 10.2 Å². The third-order valence-electron chi connectivity index (χ3n) is 3.86. The summed E-state index contributed by atoms with van der Waals surface area (Å²) in [7, 11) is -3.29. The molecular weight excluding hydrogens is 238 g/mol. The number of rotatable bonds is 4. The van der Waals surface area contributed by atoms with Crippen LogP contribution in [0.2, 0.25) is 0 Å². The Hall–Kier alpha value is -0.170. The molecule has 3 atom stereocenters. The van der Waals surface area contributed by atoms with E-state index in [2.05, 4.69) is 10.0 Å². The number of hydrogen-bond donors (Lipinski definition) is 2. The van der Waals surface area contributed by atoms with E-state index in [9.17, 15) is 8.42 Å². The fraction of sp³-hybridized carbons (Fsp3) is 1.00. The van der Waals surface area contributed by atoms with Gasteiger partial charge in [-0.25, -0.2) is 4.72 Å². The monoisotopic (exact) mass is 261 g/mol. The highest BCUT2D eigenvalue weighted by molar-refractivity contribution is 7.87. The van der Waals surface area contributed by atoms with Gasteiger partial charge in [0.05, 0.1) is 0 Å². The summed E-state index contributed by atoms with van der Waals surface area (Å²) in [6.45, 7) is 9.11. The Morgan fingerprint density at radius 2 is 2.12 bits per heavy atom. The van der Waals surface area contributed by atoms with Crippen molar-refractivity contribution in [2.75, 3.05) is 26.2 Å². The number of nitrogens with zero attached hydrogens (tertiary/aromatic N) is 1. The molecule has 2 saturated heterocycles. The van der Waals surface area contributed by atoms with Crippen LogP contribution in [0.5, 0.6) is 0 Å². The van der Waals surface area contributed by atoms with Crippen LogP contribution in [0.25, 0.3) is 0 Å². The SMILES string of the molecule is CC(C)CNS(=O)(=O)N1CC2CNCC2C1C. The highest BCUT2D eigenvalue weighted by Crippen LogP contribution is 2.33. The number of hydrogen-bond acceptors (Lipinski definition) is 3. The van der Waals surface area contributed by atoms with E-state index in [0.29, 0.717) is 30.8 Å². The minimum atomic E-state index is -3.29. The van der Waals surface area contributed by atoms with Crippen LogP contribution in [0, 0.1) is 17.8 Å². The van der Waals surface area contributed by atoms with Crippen molar-refractivity contribution >= 4 is 10.2 Å². The molecule has 2 fully saturated rings. The molecule has 0 aromatic heterocycles. The molecule has 2 rings (SSSR count). The van der Waals surface area contributed by atoms with Gasteiger partial charge in [0.15, 0.2) is 0 Å². The lowest BCUT2D eigenvalue weighted by atomic mass is 9.95. The molecule has 6 heteroatoms. The molecule has 100 valence electrons. The molecule has 0 aromatic carbocycles. The molecule has 2 aliphatic rings. The summed E-state index contributed by atoms with van der Waals surface area (Å²) < 4.78 is 28.7. The molecule has 2 N–H and O–H groups in total. The van der Waals surface area contributed by atoms with Crippen LogP contribution in [0.4, 0.5) is 0 Å². The van der Waals surface area contributed by atoms with Crippen molar-refractivity contribution in [2.45, 2.75) is 26.8 Å². The van der Waals surface area contributed by atoms with Gasteiger partial charge in [0, 0.05) is 19.1 Å². The van der Waals surface area contributed by atoms with Crippen molar-refractivity contribution < 1.29 is 8.42 Å². The molecule has 0 spiro atoms. The van der Waals surface area contributed by atoms with Crippen LogP contribution in [0.15, 0.2) is 0 Å². The van der Waals surface area contributed by atoms with Crippen LogP contribution < -0.4 is 10.0 Å². The van der Waals surface area contributed by atoms with Crippen molar-refractivity contribution in [1.29, 1.82) is 0 Å². The summed E-state index contributed by atoms with van der Waals surface area (Å²) in [6.07, 6.45) is 0. The molecule has 0 aliphatic carbocycles. The first kappa shape index (κ1) is 13.3. The molecule has 2 aliphatic heterocycles. The second-order valence-corrected chi connectivity index (χ2v) is 7.35. The minimum Gasteiger partial charge on any atom is -0.316 e. The summed E-state index contributed by atoms with van der Waals surface area (Å²) >= 11 is 0. The van der Waals surface area contributed by atoms with Crippen molar-refractivity contribution in [3.8, 4) is 0 Å². The van der Waals surface area contributed by atoms with Gasteiger partial charge in [0.2, 0.25) is 0 Å². The van der Waals surface area contributed by atoms with E-state index in [1.807, 2.05) is 20.8 Å². The summed E-state index contributed by atoms with van der Waals surface area (Å²) in [5.41, 5.74) is 0. The van der Waals surface area contributed by atoms with Gasteiger partial charge in [-0.3, -0.25) is 0 Å². The normalized spacial score (nSPS) is 34.5. The van der Waals surface area contributed by atoms with Crippen molar-refractivity contribution in [2.24, 2.45) is 17.8 Å². The first-order valence-corrected chi connectivity index (χ1v) is 7.83. The standard InChI is InChI=1S/C11H23N3O2S/c1-8(2)4-13-17(15,16)14-7-10-5-12-6-11(10)9(14)3/h8-13H,4-7H2,1-3H3. The van der Waals surface area contributed by atoms with Crippen LogP contribution in [-0.4, -0.2) is 44.9 Å². The van der Waals surface area contributed by atoms with Crippen LogP contribution in [-0.2, 0) is 10.2 Å². The Balaban J connectivity index is 2.03. The fourth-order valence-corrected chi connectivity index (χ4v) is 4.49. The summed E-state index contributed by atoms with van der Waals surface area (Å²) in [6, 6.07) is 0.111. The smallest absolute Gasteiger partial charge is 0.279 e. The number of fused-ring (bicyclic) bond motifs is 1. The molecular formula is C11H23N3O2S. The van der Waals surface area contributed by atoms with E-state index >= 15 is 0 Å². The third kappa shape index (κ3) is 2.65. The maximum atomic E-state index is 12.2. The van der Waals surface area contributed by atoms with Gasteiger partial charge in [-0.15, -0.1) is 0 Å². The van der Waals surface area contributed by atoms with Gasteiger partial charge >= 0.3 is 0 Å². The predicted molar refractivity (Wildman–Crippen MR) is 67.8 cm³/mol. The Labute approximate surface area is 104 Å². The van der Waals surface area contributed by atoms with Gasteiger partial charge < -0.3 is 5.32 Å². The van der Waals surface area contributed by atoms with E-state index < -0.39 is 10.2 Å². The van der Waals surface area contributed by atoms with E-state index in [0.717, 1.165) is 13.1 Å². The average molecular weight is 261 g/mol. The Morgan fingerprint density at radius 1 is 1.41 bits per heavy atom. The molecule has 0 radical (unpaired) electrons. The van der Waals surface area contributed by atoms with Gasteiger partial charge in [-0.05, 0) is 37.8 Å². The highest BCUT2D eigenvalue weighted by atomic mass is 32.2. The zero-order valence-corrected chi connectivity index (χ0v) is 11.6. The van der Waals surface area contributed by atoms with Crippen molar-refractivity contribution in [1.82, 2.24) is 14.3 Å². The Kier molecular flexibility index (Phi) is 3.77. The van der Waals surface area contributed by atoms with Crippen LogP contribution in [0.1, 0.15) is 20.8 Å². The molecule has 0 amide bonds. The molecule has 5 nitrogen and oxygen atoms in total. The molecule has 0 bridgehead atoms. The lowest BCUT2D eigenvalue weighted by Crippen LogP contribution is -2.45. The maximum Gasteiger partial charge on any atom is 0.279 e. The van der Waals surface area contributed by atoms with Crippen LogP contribution in [0.3, 0.4) is 0 Å². The molecule has 17 heavy (non-hydrogen) atoms. The molecule has 3 unspecified atom stereocenters. The molecule has 2 heterocycles. The second-order valence-electron chi connectivity index (χ2n) is 5.64. The quantitative estimate of drug-likeness (QED) is 0.750. The van der Waals surface area contributed by atoms with Gasteiger partial charge in [-0.2, -0.15) is 12.7 Å². The third-order valence-corrected chi connectivity index (χ3v) is 5.49. The van der Waals surface area contributed by atoms with Crippen molar-refractivity contribution in [3.63, 3.8) is 0 Å². The fourth-order valence-electron chi connectivity index (χ4n) is 2.80. The molecule has 0 saturated carbocycles. The largest absolute Gasteiger partial charge is 0.316 e. The lowest BCUT2D eigenvalue weighted by Gasteiger charge is -2.24. The summed E-state index contributed by atoms with van der Waals surface area (Å²) in [5.74, 6) is 1.30. The Morgan fingerprint density at radius 3 is 2.71 bits per heavy atom. The van der Waals surface area contributed by atoms with Gasteiger partial charge in [-0.1, -0.05) is 13.8 Å². The Bertz CT molecular complexity index is 369. The lowest BCUT2D eigenvalue weighted by molar-refractivity contribution is 0.354. The van der Waals surface area contributed by atoms with E-state index in [4.69, 9.17) is 0 Å². The maximum absolute atomic E-state index is 12.2. The minimum absolute atomic E-state index is 0.111. The van der Waals surface area contributed by atoms with E-state index in [1.54, 1.807) is 4.31 Å². The molecule has 0 aromatic rings. The summed E-state index contributed by atoms with van der Waals surface area (Å²) in [4.78, 5) is 0. The predicted octanol–water partition coefficient (Wildman–Crippen LogP) is 0.0165. The topological polar surface area (TPSA) is 61.4 Å². The summed E-state index contributed by atoms with van der Waals surface area (Å²) in [5, 5.41) is 3.34. The van der Waals surface area contributed by atoms with E-state index in [1.165, 1.54) is 0 Å². The zero-order valence-electron chi connectivity index (χ0n) is 10.8. The van der Waals surface area contributed by atoms with Crippen molar-refractivity contribution in [3.05, 3.63) is 0 Å². The van der Waals surface area contributed by atoms with Crippen LogP contribution >= 0.6 is 0 Å². The van der Waals surface area contributed by atoms with E-state index in [-0.39, 0.29) is 6.04 Å². The van der Waals surface area contributed by atoms with Gasteiger partial charge in [0.1, 0.15) is 0 Å². The highest BCUT2D eigenvalue weighted by Gasteiger charge is 2.46. The number of nitrogens with one attached hydrogen (secondary N) is 2. The second kappa shape index (κ2) is 4.84.